The van der Waals surface area contributed by atoms with Crippen molar-refractivity contribution in [2.45, 2.75) is 167 Å². The minimum absolute atomic E-state index is 0.0170. The van der Waals surface area contributed by atoms with Crippen LogP contribution in [-0.4, -0.2) is 60.5 Å². The fourth-order valence-corrected chi connectivity index (χ4v) is 6.34. The molecule has 3 unspecified atom stereocenters. The fraction of sp³-hybridized carbons (Fsp3) is 0.600. The topological polar surface area (TPSA) is 155 Å². The van der Waals surface area contributed by atoms with E-state index in [0.29, 0.717) is 13.0 Å². The van der Waals surface area contributed by atoms with Crippen molar-refractivity contribution in [1.82, 2.24) is 0 Å². The van der Waals surface area contributed by atoms with E-state index in [9.17, 15) is 19.0 Å². The number of hydrogen-bond acceptors (Lipinski definition) is 8. The zero-order valence-corrected chi connectivity index (χ0v) is 38.6. The van der Waals surface area contributed by atoms with Crippen LogP contribution in [0.15, 0.2) is 109 Å². The second-order valence-corrected chi connectivity index (χ2v) is 16.2. The third-order valence-corrected chi connectivity index (χ3v) is 10.00. The van der Waals surface area contributed by atoms with Gasteiger partial charge in [0.05, 0.1) is 19.8 Å². The summed E-state index contributed by atoms with van der Waals surface area (Å²) in [7, 11) is -4.64. The number of rotatable bonds is 42. The second kappa shape index (κ2) is 44.7. The molecule has 4 N–H and O–H groups in total. The highest BCUT2D eigenvalue weighted by atomic mass is 31.2. The summed E-state index contributed by atoms with van der Waals surface area (Å²) in [5.41, 5.74) is 5.36. The van der Waals surface area contributed by atoms with Crippen LogP contribution < -0.4 is 5.73 Å². The predicted octanol–water partition coefficient (Wildman–Crippen LogP) is 13.1. The first-order chi connectivity index (χ1) is 29.7. The average molecular weight is 872 g/mol. The molecule has 3 atom stereocenters. The Bertz CT molecular complexity index is 1380. The zero-order chi connectivity index (χ0) is 44.8. The molecule has 0 aromatic rings. The molecule has 0 saturated heterocycles. The molecular formula is C50H82NO9P. The van der Waals surface area contributed by atoms with Crippen LogP contribution in [0.2, 0.25) is 0 Å². The van der Waals surface area contributed by atoms with Gasteiger partial charge in [0.1, 0.15) is 12.1 Å². The summed E-state index contributed by atoms with van der Waals surface area (Å²) in [6.07, 6.45) is 60.0. The Labute approximate surface area is 370 Å². The summed E-state index contributed by atoms with van der Waals surface area (Å²) in [5.74, 6) is -1.82. The Morgan fingerprint density at radius 1 is 0.525 bits per heavy atom. The highest BCUT2D eigenvalue weighted by Crippen LogP contribution is 2.43. The van der Waals surface area contributed by atoms with E-state index < -0.39 is 45.1 Å². The normalized spacial score (nSPS) is 14.8. The predicted molar refractivity (Wildman–Crippen MR) is 253 cm³/mol. The van der Waals surface area contributed by atoms with E-state index in [2.05, 4.69) is 123 Å². The van der Waals surface area contributed by atoms with Gasteiger partial charge in [-0.05, 0) is 96.3 Å². The molecule has 0 bridgehead atoms. The number of phosphoric acid groups is 1. The first-order valence-electron chi connectivity index (χ1n) is 22.9. The number of unbranched alkanes of at least 4 members (excludes halogenated alkanes) is 10. The van der Waals surface area contributed by atoms with E-state index in [-0.39, 0.29) is 13.0 Å². The molecule has 0 aliphatic heterocycles. The number of aliphatic carboxylic acids is 1. The number of phosphoric ester groups is 1. The molecule has 0 saturated carbocycles. The Kier molecular flexibility index (Phi) is 42.2. The van der Waals surface area contributed by atoms with Gasteiger partial charge >= 0.3 is 19.8 Å². The summed E-state index contributed by atoms with van der Waals surface area (Å²) < 4.78 is 33.3. The lowest BCUT2D eigenvalue weighted by Gasteiger charge is -2.20. The van der Waals surface area contributed by atoms with Crippen molar-refractivity contribution < 1.29 is 42.7 Å². The van der Waals surface area contributed by atoms with E-state index in [1.165, 1.54) is 12.8 Å². The van der Waals surface area contributed by atoms with Crippen LogP contribution in [0.1, 0.15) is 155 Å². The molecule has 0 radical (unpaired) electrons. The zero-order valence-electron chi connectivity index (χ0n) is 37.7. The number of hydrogen-bond donors (Lipinski definition) is 3. The number of ether oxygens (including phenoxy) is 2. The number of esters is 1. The minimum atomic E-state index is -4.64. The molecule has 11 heteroatoms. The van der Waals surface area contributed by atoms with E-state index >= 15 is 0 Å². The monoisotopic (exact) mass is 872 g/mol. The Balaban J connectivity index is 4.30. The van der Waals surface area contributed by atoms with Crippen LogP contribution in [0.5, 0.6) is 0 Å². The average Bonchev–Trinajstić information content (AvgIpc) is 3.24. The molecule has 0 rings (SSSR count). The van der Waals surface area contributed by atoms with Crippen molar-refractivity contribution in [2.75, 3.05) is 26.4 Å². The number of nitrogens with two attached hydrogens (primary N) is 1. The van der Waals surface area contributed by atoms with Crippen LogP contribution >= 0.6 is 7.82 Å². The molecule has 0 fully saturated rings. The van der Waals surface area contributed by atoms with Crippen molar-refractivity contribution in [3.05, 3.63) is 109 Å². The number of carboxylic acid groups (broad SMARTS) is 1. The maximum Gasteiger partial charge on any atom is 0.472 e. The van der Waals surface area contributed by atoms with Gasteiger partial charge < -0.3 is 25.2 Å². The van der Waals surface area contributed by atoms with Gasteiger partial charge in [-0.1, -0.05) is 162 Å². The number of allylic oxidation sites excluding steroid dienone is 18. The summed E-state index contributed by atoms with van der Waals surface area (Å²) in [6, 6.07) is -1.49. The van der Waals surface area contributed by atoms with Crippen LogP contribution in [0.25, 0.3) is 0 Å². The van der Waals surface area contributed by atoms with Crippen LogP contribution in [0, 0.1) is 0 Å². The number of carbonyl (C=O) groups is 2. The van der Waals surface area contributed by atoms with Gasteiger partial charge in [0, 0.05) is 13.0 Å². The fourth-order valence-electron chi connectivity index (χ4n) is 5.56. The van der Waals surface area contributed by atoms with Crippen LogP contribution in [0.3, 0.4) is 0 Å². The molecule has 0 amide bonds. The molecule has 10 nitrogen and oxygen atoms in total. The molecule has 0 aromatic carbocycles. The lowest BCUT2D eigenvalue weighted by atomic mass is 10.1. The lowest BCUT2D eigenvalue weighted by molar-refractivity contribution is -0.154. The summed E-state index contributed by atoms with van der Waals surface area (Å²) in [4.78, 5) is 33.6. The van der Waals surface area contributed by atoms with Gasteiger partial charge in [-0.15, -0.1) is 0 Å². The SMILES string of the molecule is CC/C=C\C/C=C\C/C=C\C/C=C\C/C=C\CCCCCCCCCC(=O)OC(COCCCCC/C=C\C/C=C\C/C=C\C/C=C\CC)COP(=O)(O)OCC(N)C(=O)O. The maximum absolute atomic E-state index is 12.7. The molecule has 0 aromatic heterocycles. The summed E-state index contributed by atoms with van der Waals surface area (Å²) in [6.45, 7) is 3.54. The first kappa shape index (κ1) is 57.6. The Morgan fingerprint density at radius 2 is 0.902 bits per heavy atom. The lowest BCUT2D eigenvalue weighted by Crippen LogP contribution is -2.34. The van der Waals surface area contributed by atoms with E-state index in [1.54, 1.807) is 0 Å². The van der Waals surface area contributed by atoms with Gasteiger partial charge in [0.25, 0.3) is 0 Å². The number of carboxylic acids is 1. The second-order valence-electron chi connectivity index (χ2n) is 14.8. The minimum Gasteiger partial charge on any atom is -0.480 e. The highest BCUT2D eigenvalue weighted by molar-refractivity contribution is 7.47. The van der Waals surface area contributed by atoms with E-state index in [4.69, 9.17) is 29.4 Å². The smallest absolute Gasteiger partial charge is 0.472 e. The molecule has 0 heterocycles. The van der Waals surface area contributed by atoms with Gasteiger partial charge in [0.15, 0.2) is 0 Å². The largest absolute Gasteiger partial charge is 0.480 e. The third kappa shape index (κ3) is 44.5. The summed E-state index contributed by atoms with van der Waals surface area (Å²) >= 11 is 0. The van der Waals surface area contributed by atoms with Crippen molar-refractivity contribution in [2.24, 2.45) is 5.73 Å². The van der Waals surface area contributed by atoms with Gasteiger partial charge in [-0.2, -0.15) is 0 Å². The maximum atomic E-state index is 12.7. The Hall–Kier alpha value is -3.37. The van der Waals surface area contributed by atoms with Crippen molar-refractivity contribution >= 4 is 19.8 Å². The Morgan fingerprint density at radius 3 is 1.34 bits per heavy atom. The highest BCUT2D eigenvalue weighted by Gasteiger charge is 2.27. The van der Waals surface area contributed by atoms with Gasteiger partial charge in [-0.25, -0.2) is 4.57 Å². The first-order valence-corrected chi connectivity index (χ1v) is 24.4. The van der Waals surface area contributed by atoms with Gasteiger partial charge in [0.2, 0.25) is 0 Å². The molecule has 61 heavy (non-hydrogen) atoms. The van der Waals surface area contributed by atoms with Crippen LogP contribution in [-0.2, 0) is 32.7 Å². The van der Waals surface area contributed by atoms with E-state index in [1.807, 2.05) is 0 Å². The van der Waals surface area contributed by atoms with Crippen molar-refractivity contribution in [1.29, 1.82) is 0 Å². The third-order valence-electron chi connectivity index (χ3n) is 9.05. The quantitative estimate of drug-likeness (QED) is 0.0234. The van der Waals surface area contributed by atoms with Gasteiger partial charge in [-0.3, -0.25) is 18.6 Å². The molecule has 0 aliphatic carbocycles. The molecule has 346 valence electrons. The summed E-state index contributed by atoms with van der Waals surface area (Å²) in [5, 5.41) is 8.91. The van der Waals surface area contributed by atoms with Crippen molar-refractivity contribution in [3.63, 3.8) is 0 Å². The molecular weight excluding hydrogens is 790 g/mol. The van der Waals surface area contributed by atoms with Crippen molar-refractivity contribution in [3.8, 4) is 0 Å². The number of carbonyl (C=O) groups excluding carboxylic acids is 1. The molecule has 0 aliphatic rings. The van der Waals surface area contributed by atoms with Crippen LogP contribution in [0.4, 0.5) is 0 Å². The van der Waals surface area contributed by atoms with E-state index in [0.717, 1.165) is 116 Å². The standard InChI is InChI=1S/C50H82NO9P/c1-3-5-7-9-11-13-15-17-19-21-22-23-24-25-26-27-28-30-32-34-36-38-40-42-49(52)60-47(45-58-61(55,56)59-46-48(51)50(53)54)44-57-43-41-39-37-35-33-31-29-20-18-16-14-12-10-8-6-4-2/h5-8,11-14,17-20,22-23,25-26,31,33,47-48H,3-4,9-10,15-16,21,24,27-30,32,34-46,51H2,1-2H3,(H,53,54)(H,55,56)/b7-5-,8-6-,13-11-,14-12-,19-17-,20-18-,23-22-,26-25-,33-31-. The molecule has 0 spiro atoms.